The van der Waals surface area contributed by atoms with Gasteiger partial charge >= 0.3 is 5.97 Å². The lowest BCUT2D eigenvalue weighted by Gasteiger charge is -2.31. The predicted octanol–water partition coefficient (Wildman–Crippen LogP) is 2.69. The Morgan fingerprint density at radius 1 is 1.39 bits per heavy atom. The highest BCUT2D eigenvalue weighted by atomic mass is 16.5. The van der Waals surface area contributed by atoms with Crippen LogP contribution in [0.4, 0.5) is 0 Å². The van der Waals surface area contributed by atoms with Crippen molar-refractivity contribution in [3.63, 3.8) is 0 Å². The third kappa shape index (κ3) is 3.57. The summed E-state index contributed by atoms with van der Waals surface area (Å²) in [5.41, 5.74) is 9.23. The third-order valence-electron chi connectivity index (χ3n) is 3.31. The molecule has 0 fully saturated rings. The van der Waals surface area contributed by atoms with Gasteiger partial charge in [0.2, 0.25) is 0 Å². The first kappa shape index (κ1) is 14.7. The molecule has 3 nitrogen and oxygen atoms in total. The molecule has 3 heteroatoms. The van der Waals surface area contributed by atoms with Gasteiger partial charge in [-0.05, 0) is 38.8 Å². The van der Waals surface area contributed by atoms with Crippen LogP contribution in [-0.4, -0.2) is 18.6 Å². The van der Waals surface area contributed by atoms with E-state index in [1.807, 2.05) is 27.7 Å². The summed E-state index contributed by atoms with van der Waals surface area (Å²) in [4.78, 5) is 11.6. The maximum absolute atomic E-state index is 11.6. The minimum Gasteiger partial charge on any atom is -0.469 e. The lowest BCUT2D eigenvalue weighted by Crippen LogP contribution is -2.40. The highest BCUT2D eigenvalue weighted by Gasteiger charge is 2.30. The van der Waals surface area contributed by atoms with Crippen LogP contribution in [0.25, 0.3) is 0 Å². The fraction of sp³-hybridized carbons (Fsp3) is 0.533. The van der Waals surface area contributed by atoms with Crippen LogP contribution in [0.15, 0.2) is 18.2 Å². The number of hydrogen-bond acceptors (Lipinski definition) is 3. The van der Waals surface area contributed by atoms with Crippen molar-refractivity contribution in [2.75, 3.05) is 7.11 Å². The second kappa shape index (κ2) is 5.53. The number of nitrogens with two attached hydrogens (primary N) is 1. The number of ether oxygens (including phenoxy) is 1. The molecule has 0 amide bonds. The molecule has 1 atom stereocenters. The quantitative estimate of drug-likeness (QED) is 0.835. The molecule has 2 N–H and O–H groups in total. The third-order valence-corrected chi connectivity index (χ3v) is 3.31. The van der Waals surface area contributed by atoms with Crippen molar-refractivity contribution in [1.29, 1.82) is 0 Å². The summed E-state index contributed by atoms with van der Waals surface area (Å²) in [6.45, 7) is 7.98. The first-order valence-electron chi connectivity index (χ1n) is 6.18. The van der Waals surface area contributed by atoms with E-state index >= 15 is 0 Å². The molecule has 0 radical (unpaired) electrons. The molecule has 18 heavy (non-hydrogen) atoms. The van der Waals surface area contributed by atoms with E-state index in [9.17, 15) is 4.79 Å². The Labute approximate surface area is 109 Å². The van der Waals surface area contributed by atoms with E-state index in [4.69, 9.17) is 10.5 Å². The summed E-state index contributed by atoms with van der Waals surface area (Å²) < 4.78 is 4.77. The SMILES string of the molecule is COC(=O)CC(c1cc(C)ccc1C)C(C)(C)N. The largest absolute Gasteiger partial charge is 0.469 e. The second-order valence-corrected chi connectivity index (χ2v) is 5.51. The van der Waals surface area contributed by atoms with Gasteiger partial charge in [0.1, 0.15) is 0 Å². The number of carbonyl (C=O) groups is 1. The van der Waals surface area contributed by atoms with Gasteiger partial charge in [-0.2, -0.15) is 0 Å². The van der Waals surface area contributed by atoms with E-state index in [1.165, 1.54) is 12.7 Å². The van der Waals surface area contributed by atoms with Gasteiger partial charge < -0.3 is 10.5 Å². The van der Waals surface area contributed by atoms with Gasteiger partial charge in [-0.15, -0.1) is 0 Å². The Kier molecular flexibility index (Phi) is 4.52. The van der Waals surface area contributed by atoms with Crippen LogP contribution in [0.3, 0.4) is 0 Å². The molecule has 1 aromatic carbocycles. The van der Waals surface area contributed by atoms with Crippen LogP contribution in [0.1, 0.15) is 42.9 Å². The molecular formula is C15H23NO2. The first-order valence-corrected chi connectivity index (χ1v) is 6.18. The predicted molar refractivity (Wildman–Crippen MR) is 73.6 cm³/mol. The number of rotatable bonds is 4. The van der Waals surface area contributed by atoms with Gasteiger partial charge in [0.05, 0.1) is 13.5 Å². The van der Waals surface area contributed by atoms with Gasteiger partial charge in [-0.3, -0.25) is 4.79 Å². The van der Waals surface area contributed by atoms with Crippen molar-refractivity contribution >= 4 is 5.97 Å². The van der Waals surface area contributed by atoms with Crippen LogP contribution in [0.2, 0.25) is 0 Å². The summed E-state index contributed by atoms with van der Waals surface area (Å²) >= 11 is 0. The normalized spacial score (nSPS) is 13.2. The van der Waals surface area contributed by atoms with Crippen molar-refractivity contribution in [2.24, 2.45) is 5.73 Å². The Morgan fingerprint density at radius 3 is 2.50 bits per heavy atom. The molecule has 0 aliphatic rings. The summed E-state index contributed by atoms with van der Waals surface area (Å²) in [6.07, 6.45) is 0.310. The second-order valence-electron chi connectivity index (χ2n) is 5.51. The Balaban J connectivity index is 3.17. The molecule has 1 rings (SSSR count). The van der Waals surface area contributed by atoms with Crippen molar-refractivity contribution < 1.29 is 9.53 Å². The minimum atomic E-state index is -0.466. The number of esters is 1. The first-order chi connectivity index (χ1) is 8.25. The highest BCUT2D eigenvalue weighted by molar-refractivity contribution is 5.70. The van der Waals surface area contributed by atoms with E-state index in [0.29, 0.717) is 6.42 Å². The molecule has 0 aliphatic heterocycles. The van der Waals surface area contributed by atoms with E-state index < -0.39 is 5.54 Å². The van der Waals surface area contributed by atoms with Crippen molar-refractivity contribution in [3.05, 3.63) is 34.9 Å². The van der Waals surface area contributed by atoms with Gasteiger partial charge in [-0.1, -0.05) is 23.8 Å². The fourth-order valence-electron chi connectivity index (χ4n) is 2.16. The molecule has 0 saturated carbocycles. The number of benzene rings is 1. The molecule has 0 bridgehead atoms. The molecule has 100 valence electrons. The number of aryl methyl sites for hydroxylation is 2. The molecule has 0 heterocycles. The summed E-state index contributed by atoms with van der Waals surface area (Å²) in [5, 5.41) is 0. The monoisotopic (exact) mass is 249 g/mol. The van der Waals surface area contributed by atoms with Crippen molar-refractivity contribution in [3.8, 4) is 0 Å². The van der Waals surface area contributed by atoms with E-state index in [1.54, 1.807) is 0 Å². The highest BCUT2D eigenvalue weighted by Crippen LogP contribution is 2.32. The summed E-state index contributed by atoms with van der Waals surface area (Å²) in [7, 11) is 1.41. The smallest absolute Gasteiger partial charge is 0.306 e. The van der Waals surface area contributed by atoms with Gasteiger partial charge in [0.15, 0.2) is 0 Å². The minimum absolute atomic E-state index is 0.0372. The maximum atomic E-state index is 11.6. The molecule has 1 aromatic rings. The molecule has 1 unspecified atom stereocenters. The lowest BCUT2D eigenvalue weighted by molar-refractivity contribution is -0.141. The van der Waals surface area contributed by atoms with Crippen LogP contribution in [0.5, 0.6) is 0 Å². The fourth-order valence-corrected chi connectivity index (χ4v) is 2.16. The average molecular weight is 249 g/mol. The lowest BCUT2D eigenvalue weighted by atomic mass is 9.78. The average Bonchev–Trinajstić information content (AvgIpc) is 2.27. The zero-order valence-electron chi connectivity index (χ0n) is 11.9. The van der Waals surface area contributed by atoms with E-state index in [-0.39, 0.29) is 11.9 Å². The Morgan fingerprint density at radius 2 is 2.00 bits per heavy atom. The number of carbonyl (C=O) groups excluding carboxylic acids is 1. The molecule has 0 saturated heterocycles. The van der Waals surface area contributed by atoms with E-state index in [0.717, 1.165) is 11.1 Å². The van der Waals surface area contributed by atoms with Crippen molar-refractivity contribution in [2.45, 2.75) is 45.6 Å². The van der Waals surface area contributed by atoms with Gasteiger partial charge in [0, 0.05) is 11.5 Å². The summed E-state index contributed by atoms with van der Waals surface area (Å²) in [6, 6.07) is 6.25. The number of methoxy groups -OCH3 is 1. The van der Waals surface area contributed by atoms with Crippen LogP contribution in [0, 0.1) is 13.8 Å². The van der Waals surface area contributed by atoms with E-state index in [2.05, 4.69) is 18.2 Å². The zero-order chi connectivity index (χ0) is 13.9. The zero-order valence-corrected chi connectivity index (χ0v) is 11.9. The van der Waals surface area contributed by atoms with Gasteiger partial charge in [0.25, 0.3) is 0 Å². The molecule has 0 aliphatic carbocycles. The summed E-state index contributed by atoms with van der Waals surface area (Å²) in [5.74, 6) is -0.260. The molecule has 0 aromatic heterocycles. The van der Waals surface area contributed by atoms with Crippen LogP contribution >= 0.6 is 0 Å². The standard InChI is InChI=1S/C15H23NO2/c1-10-6-7-11(2)12(8-10)13(15(3,4)16)9-14(17)18-5/h6-8,13H,9,16H2,1-5H3. The molecule has 0 spiro atoms. The Bertz CT molecular complexity index is 433. The topological polar surface area (TPSA) is 52.3 Å². The van der Waals surface area contributed by atoms with Crippen LogP contribution < -0.4 is 5.73 Å². The maximum Gasteiger partial charge on any atom is 0.306 e. The Hall–Kier alpha value is -1.35. The molecular weight excluding hydrogens is 226 g/mol. The van der Waals surface area contributed by atoms with Gasteiger partial charge in [-0.25, -0.2) is 0 Å². The number of hydrogen-bond donors (Lipinski definition) is 1. The van der Waals surface area contributed by atoms with Crippen molar-refractivity contribution in [1.82, 2.24) is 0 Å². The van der Waals surface area contributed by atoms with Crippen LogP contribution in [-0.2, 0) is 9.53 Å².